The lowest BCUT2D eigenvalue weighted by molar-refractivity contribution is -0.136. The third-order valence-corrected chi connectivity index (χ3v) is 2.02. The van der Waals surface area contributed by atoms with Crippen LogP contribution < -0.4 is 0 Å². The van der Waals surface area contributed by atoms with Gasteiger partial charge in [0.15, 0.2) is 0 Å². The molecule has 0 aliphatic carbocycles. The quantitative estimate of drug-likeness (QED) is 0.581. The van der Waals surface area contributed by atoms with Crippen molar-refractivity contribution < 1.29 is 14.7 Å². The normalized spacial score (nSPS) is 22.2. The van der Waals surface area contributed by atoms with Crippen LogP contribution in [0.2, 0.25) is 0 Å². The lowest BCUT2D eigenvalue weighted by Crippen LogP contribution is -2.37. The number of carbonyl (C=O) groups is 2. The third kappa shape index (κ3) is 2.42. The predicted octanol–water partition coefficient (Wildman–Crippen LogP) is -1.33. The molecule has 13 heavy (non-hydrogen) atoms. The van der Waals surface area contributed by atoms with Gasteiger partial charge in [-0.15, -0.1) is 0 Å². The van der Waals surface area contributed by atoms with Crippen LogP contribution in [0.1, 0.15) is 6.42 Å². The Hall–Kier alpha value is -1.10. The van der Waals surface area contributed by atoms with E-state index in [-0.39, 0.29) is 31.3 Å². The highest BCUT2D eigenvalue weighted by atomic mass is 16.3. The molecule has 0 radical (unpaired) electrons. The maximum atomic E-state index is 11.2. The van der Waals surface area contributed by atoms with Crippen molar-refractivity contribution in [2.45, 2.75) is 12.5 Å². The van der Waals surface area contributed by atoms with Gasteiger partial charge in [-0.2, -0.15) is 0 Å². The van der Waals surface area contributed by atoms with Gasteiger partial charge in [0.25, 0.3) is 0 Å². The Kier molecular flexibility index (Phi) is 2.87. The van der Waals surface area contributed by atoms with Crippen molar-refractivity contribution >= 4 is 11.8 Å². The van der Waals surface area contributed by atoms with E-state index in [0.29, 0.717) is 0 Å². The van der Waals surface area contributed by atoms with Crippen LogP contribution in [-0.2, 0) is 9.59 Å². The van der Waals surface area contributed by atoms with Gasteiger partial charge in [-0.25, -0.2) is 0 Å². The molecule has 2 amide bonds. The molecule has 1 fully saturated rings. The van der Waals surface area contributed by atoms with Gasteiger partial charge < -0.3 is 14.9 Å². The van der Waals surface area contributed by atoms with Crippen molar-refractivity contribution in [2.75, 3.05) is 27.2 Å². The van der Waals surface area contributed by atoms with Gasteiger partial charge in [0.2, 0.25) is 11.8 Å². The highest BCUT2D eigenvalue weighted by molar-refractivity contribution is 5.86. The van der Waals surface area contributed by atoms with Crippen LogP contribution in [0.5, 0.6) is 0 Å². The standard InChI is InChI=1S/C8H14N2O3/c1-9(2)8(13)5-10-4-6(11)3-7(10)12/h6,11H,3-5H2,1-2H3. The summed E-state index contributed by atoms with van der Waals surface area (Å²) >= 11 is 0. The number of likely N-dealkylation sites (tertiary alicyclic amines) is 1. The van der Waals surface area contributed by atoms with Gasteiger partial charge in [0.05, 0.1) is 19.1 Å². The van der Waals surface area contributed by atoms with E-state index in [1.54, 1.807) is 14.1 Å². The molecule has 0 saturated carbocycles. The van der Waals surface area contributed by atoms with Crippen molar-refractivity contribution in [2.24, 2.45) is 0 Å². The van der Waals surface area contributed by atoms with E-state index in [1.165, 1.54) is 9.80 Å². The van der Waals surface area contributed by atoms with E-state index in [0.717, 1.165) is 0 Å². The number of likely N-dealkylation sites (N-methyl/N-ethyl adjacent to an activating group) is 1. The molecule has 0 aromatic heterocycles. The molecule has 5 heteroatoms. The van der Waals surface area contributed by atoms with Gasteiger partial charge >= 0.3 is 0 Å². The summed E-state index contributed by atoms with van der Waals surface area (Å²) in [5.74, 6) is -0.273. The zero-order valence-electron chi connectivity index (χ0n) is 7.86. The average molecular weight is 186 g/mol. The molecule has 0 bridgehead atoms. The van der Waals surface area contributed by atoms with Crippen molar-refractivity contribution in [3.63, 3.8) is 0 Å². The van der Waals surface area contributed by atoms with Crippen LogP contribution in [-0.4, -0.2) is 60.0 Å². The fourth-order valence-corrected chi connectivity index (χ4v) is 1.21. The Bertz CT molecular complexity index is 227. The molecule has 1 saturated heterocycles. The van der Waals surface area contributed by atoms with Crippen LogP contribution in [0.15, 0.2) is 0 Å². The number of aliphatic hydroxyl groups is 1. The van der Waals surface area contributed by atoms with Crippen LogP contribution in [0.25, 0.3) is 0 Å². The molecule has 1 rings (SSSR count). The smallest absolute Gasteiger partial charge is 0.241 e. The SMILES string of the molecule is CN(C)C(=O)CN1CC(O)CC1=O. The molecule has 1 heterocycles. The second-order valence-electron chi connectivity index (χ2n) is 3.42. The van der Waals surface area contributed by atoms with E-state index in [9.17, 15) is 9.59 Å². The maximum Gasteiger partial charge on any atom is 0.241 e. The Morgan fingerprint density at radius 2 is 2.31 bits per heavy atom. The monoisotopic (exact) mass is 186 g/mol. The zero-order chi connectivity index (χ0) is 10.0. The van der Waals surface area contributed by atoms with E-state index in [1.807, 2.05) is 0 Å². The Labute approximate surface area is 76.9 Å². The van der Waals surface area contributed by atoms with Crippen LogP contribution in [0.4, 0.5) is 0 Å². The molecule has 1 unspecified atom stereocenters. The fourth-order valence-electron chi connectivity index (χ4n) is 1.21. The molecule has 74 valence electrons. The first-order valence-electron chi connectivity index (χ1n) is 4.16. The van der Waals surface area contributed by atoms with Gasteiger partial charge in [-0.3, -0.25) is 9.59 Å². The van der Waals surface area contributed by atoms with Gasteiger partial charge in [0.1, 0.15) is 0 Å². The minimum Gasteiger partial charge on any atom is -0.391 e. The summed E-state index contributed by atoms with van der Waals surface area (Å²) in [6.45, 7) is 0.349. The number of hydrogen-bond acceptors (Lipinski definition) is 3. The molecular formula is C8H14N2O3. The Balaban J connectivity index is 2.46. The first-order chi connectivity index (χ1) is 6.00. The summed E-state index contributed by atoms with van der Waals surface area (Å²) in [6, 6.07) is 0. The molecule has 0 aromatic carbocycles. The minimum atomic E-state index is -0.609. The molecule has 1 aliphatic heterocycles. The van der Waals surface area contributed by atoms with Gasteiger partial charge in [-0.05, 0) is 0 Å². The van der Waals surface area contributed by atoms with Crippen molar-refractivity contribution in [1.29, 1.82) is 0 Å². The lowest BCUT2D eigenvalue weighted by Gasteiger charge is -2.17. The first kappa shape index (κ1) is 9.98. The lowest BCUT2D eigenvalue weighted by atomic mass is 10.3. The van der Waals surface area contributed by atoms with Crippen LogP contribution in [0.3, 0.4) is 0 Å². The summed E-state index contributed by atoms with van der Waals surface area (Å²) in [4.78, 5) is 25.1. The number of amides is 2. The van der Waals surface area contributed by atoms with Crippen LogP contribution >= 0.6 is 0 Å². The summed E-state index contributed by atoms with van der Waals surface area (Å²) in [5, 5.41) is 9.13. The topological polar surface area (TPSA) is 60.9 Å². The second kappa shape index (κ2) is 3.74. The molecule has 5 nitrogen and oxygen atoms in total. The molecule has 0 aromatic rings. The van der Waals surface area contributed by atoms with Crippen LogP contribution in [0, 0.1) is 0 Å². The van der Waals surface area contributed by atoms with Gasteiger partial charge in [-0.1, -0.05) is 0 Å². The molecule has 0 spiro atoms. The highest BCUT2D eigenvalue weighted by Gasteiger charge is 2.29. The molecular weight excluding hydrogens is 172 g/mol. The average Bonchev–Trinajstić information content (AvgIpc) is 2.30. The predicted molar refractivity (Wildman–Crippen MR) is 45.9 cm³/mol. The largest absolute Gasteiger partial charge is 0.391 e. The van der Waals surface area contributed by atoms with E-state index in [2.05, 4.69) is 0 Å². The molecule has 1 atom stereocenters. The van der Waals surface area contributed by atoms with Crippen molar-refractivity contribution in [1.82, 2.24) is 9.80 Å². The second-order valence-corrected chi connectivity index (χ2v) is 3.42. The summed E-state index contributed by atoms with van der Waals surface area (Å²) in [5.41, 5.74) is 0. The number of nitrogens with zero attached hydrogens (tertiary/aromatic N) is 2. The molecule has 1 aliphatic rings. The third-order valence-electron chi connectivity index (χ3n) is 2.02. The zero-order valence-corrected chi connectivity index (χ0v) is 7.86. The van der Waals surface area contributed by atoms with Crippen molar-refractivity contribution in [3.8, 4) is 0 Å². The Morgan fingerprint density at radius 1 is 1.69 bits per heavy atom. The van der Waals surface area contributed by atoms with E-state index < -0.39 is 6.10 Å². The number of aliphatic hydroxyl groups excluding tert-OH is 1. The minimum absolute atomic E-state index is 0.0723. The highest BCUT2D eigenvalue weighted by Crippen LogP contribution is 2.10. The fraction of sp³-hybridized carbons (Fsp3) is 0.750. The van der Waals surface area contributed by atoms with E-state index >= 15 is 0 Å². The number of hydrogen-bond donors (Lipinski definition) is 1. The van der Waals surface area contributed by atoms with E-state index in [4.69, 9.17) is 5.11 Å². The summed E-state index contributed by atoms with van der Waals surface area (Å²) in [6.07, 6.45) is -0.469. The van der Waals surface area contributed by atoms with Crippen molar-refractivity contribution in [3.05, 3.63) is 0 Å². The first-order valence-corrected chi connectivity index (χ1v) is 4.16. The number of β-amino-alcohol motifs (C(OH)–C–C–N with tert-alkyl or cyclic N) is 1. The Morgan fingerprint density at radius 3 is 2.69 bits per heavy atom. The molecule has 1 N–H and O–H groups in total. The summed E-state index contributed by atoms with van der Waals surface area (Å²) < 4.78 is 0. The van der Waals surface area contributed by atoms with Gasteiger partial charge in [0, 0.05) is 20.6 Å². The number of rotatable bonds is 2. The number of carbonyl (C=O) groups excluding carboxylic acids is 2. The summed E-state index contributed by atoms with van der Waals surface area (Å²) in [7, 11) is 3.28. The maximum absolute atomic E-state index is 11.2.